The molecule has 108 valence electrons. The lowest BCUT2D eigenvalue weighted by Crippen LogP contribution is -2.21. The molecule has 0 saturated carbocycles. The van der Waals surface area contributed by atoms with Crippen molar-refractivity contribution in [2.24, 2.45) is 0 Å². The van der Waals surface area contributed by atoms with E-state index in [1.165, 1.54) is 4.88 Å². The minimum absolute atomic E-state index is 0.0567. The van der Waals surface area contributed by atoms with Gasteiger partial charge in [-0.1, -0.05) is 18.5 Å². The van der Waals surface area contributed by atoms with Crippen LogP contribution in [0.4, 0.5) is 0 Å². The first kappa shape index (κ1) is 16.3. The number of halogens is 3. The van der Waals surface area contributed by atoms with Crippen molar-refractivity contribution in [3.63, 3.8) is 0 Å². The number of hydrogen-bond acceptors (Lipinski definition) is 3. The second-order valence-electron chi connectivity index (χ2n) is 4.15. The Morgan fingerprint density at radius 1 is 1.35 bits per heavy atom. The lowest BCUT2D eigenvalue weighted by Gasteiger charge is -2.20. The number of hydrogen-bond donors (Lipinski definition) is 1. The Balaban J connectivity index is 2.50. The minimum Gasteiger partial charge on any atom is -0.496 e. The fourth-order valence-corrected chi connectivity index (χ4v) is 4.37. The maximum atomic E-state index is 6.14. The molecular formula is C14H14Br2ClNOS. The number of methoxy groups -OCH3 is 1. The summed E-state index contributed by atoms with van der Waals surface area (Å²) in [5.41, 5.74) is 1.04. The third-order valence-electron chi connectivity index (χ3n) is 2.86. The number of benzene rings is 1. The number of thiophene rings is 1. The van der Waals surface area contributed by atoms with Crippen LogP contribution in [0.3, 0.4) is 0 Å². The van der Waals surface area contributed by atoms with Gasteiger partial charge in [-0.2, -0.15) is 0 Å². The van der Waals surface area contributed by atoms with E-state index in [1.54, 1.807) is 18.4 Å². The molecule has 0 amide bonds. The molecular weight excluding hydrogens is 425 g/mol. The van der Waals surface area contributed by atoms with Crippen LogP contribution in [-0.2, 0) is 0 Å². The van der Waals surface area contributed by atoms with E-state index in [0.29, 0.717) is 5.02 Å². The minimum atomic E-state index is 0.0567. The van der Waals surface area contributed by atoms with Crippen LogP contribution in [0.15, 0.2) is 32.5 Å². The summed E-state index contributed by atoms with van der Waals surface area (Å²) in [7, 11) is 1.68. The molecule has 2 nitrogen and oxygen atoms in total. The quantitative estimate of drug-likeness (QED) is 0.652. The maximum absolute atomic E-state index is 6.14. The summed E-state index contributed by atoms with van der Waals surface area (Å²) in [6.45, 7) is 2.94. The molecule has 6 heteroatoms. The van der Waals surface area contributed by atoms with Gasteiger partial charge in [-0.3, -0.25) is 0 Å². The highest BCUT2D eigenvalue weighted by Gasteiger charge is 2.21. The molecule has 1 unspecified atom stereocenters. The lowest BCUT2D eigenvalue weighted by molar-refractivity contribution is 0.404. The molecule has 1 heterocycles. The fourth-order valence-electron chi connectivity index (χ4n) is 2.00. The van der Waals surface area contributed by atoms with Crippen molar-refractivity contribution in [2.45, 2.75) is 13.0 Å². The Labute approximate surface area is 144 Å². The van der Waals surface area contributed by atoms with Crippen LogP contribution in [0.1, 0.15) is 23.4 Å². The molecule has 1 atom stereocenters. The fraction of sp³-hybridized carbons (Fsp3) is 0.286. The predicted molar refractivity (Wildman–Crippen MR) is 93.2 cm³/mol. The van der Waals surface area contributed by atoms with E-state index in [2.05, 4.69) is 50.2 Å². The molecule has 2 rings (SSSR count). The molecule has 2 aromatic rings. The van der Waals surface area contributed by atoms with Crippen LogP contribution in [0.25, 0.3) is 0 Å². The van der Waals surface area contributed by atoms with E-state index < -0.39 is 0 Å². The molecule has 0 radical (unpaired) electrons. The van der Waals surface area contributed by atoms with Crippen LogP contribution in [-0.4, -0.2) is 13.7 Å². The third-order valence-corrected chi connectivity index (χ3v) is 6.42. The second-order valence-corrected chi connectivity index (χ2v) is 7.84. The summed E-state index contributed by atoms with van der Waals surface area (Å²) in [5.74, 6) is 0.834. The van der Waals surface area contributed by atoms with Crippen molar-refractivity contribution in [3.05, 3.63) is 48.0 Å². The average molecular weight is 440 g/mol. The molecule has 0 spiro atoms. The second kappa shape index (κ2) is 7.27. The maximum Gasteiger partial charge on any atom is 0.124 e. The normalized spacial score (nSPS) is 12.4. The highest BCUT2D eigenvalue weighted by molar-refractivity contribution is 9.13. The summed E-state index contributed by atoms with van der Waals surface area (Å²) in [6, 6.07) is 7.87. The van der Waals surface area contributed by atoms with Gasteiger partial charge >= 0.3 is 0 Å². The highest BCUT2D eigenvalue weighted by Crippen LogP contribution is 2.40. The number of rotatable bonds is 5. The summed E-state index contributed by atoms with van der Waals surface area (Å²) in [4.78, 5) is 1.20. The Hall–Kier alpha value is -0.0700. The molecule has 0 bridgehead atoms. The highest BCUT2D eigenvalue weighted by atomic mass is 79.9. The molecule has 0 aliphatic heterocycles. The number of ether oxygens (including phenoxy) is 1. The van der Waals surface area contributed by atoms with Gasteiger partial charge in [0.1, 0.15) is 5.75 Å². The van der Waals surface area contributed by atoms with Crippen LogP contribution in [0.2, 0.25) is 5.02 Å². The number of nitrogens with one attached hydrogen (secondary N) is 1. The van der Waals surface area contributed by atoms with Gasteiger partial charge in [0.05, 0.1) is 16.9 Å². The molecule has 0 aliphatic rings. The lowest BCUT2D eigenvalue weighted by atomic mass is 10.0. The first-order valence-corrected chi connectivity index (χ1v) is 8.86. The standard InChI is InChI=1S/C14H14Br2ClNOS/c1-3-18-13(12-7-10(15)14(16)20-12)9-6-8(17)4-5-11(9)19-2/h4-7,13,18H,3H2,1-2H3. The van der Waals surface area contributed by atoms with E-state index in [-0.39, 0.29) is 6.04 Å². The Bertz CT molecular complexity index is 583. The van der Waals surface area contributed by atoms with Crippen molar-refractivity contribution in [3.8, 4) is 5.75 Å². The monoisotopic (exact) mass is 437 g/mol. The van der Waals surface area contributed by atoms with Gasteiger partial charge in [0, 0.05) is 19.9 Å². The van der Waals surface area contributed by atoms with Crippen LogP contribution < -0.4 is 10.1 Å². The SMILES string of the molecule is CCNC(c1cc(Br)c(Br)s1)c1cc(Cl)ccc1OC. The van der Waals surface area contributed by atoms with Crippen molar-refractivity contribution in [1.29, 1.82) is 0 Å². The van der Waals surface area contributed by atoms with Crippen molar-refractivity contribution in [1.82, 2.24) is 5.32 Å². The first-order chi connectivity index (χ1) is 9.56. The zero-order chi connectivity index (χ0) is 14.7. The largest absolute Gasteiger partial charge is 0.496 e. The molecule has 0 aliphatic carbocycles. The molecule has 0 saturated heterocycles. The van der Waals surface area contributed by atoms with Gasteiger partial charge in [0.25, 0.3) is 0 Å². The molecule has 1 N–H and O–H groups in total. The zero-order valence-electron chi connectivity index (χ0n) is 11.0. The Kier molecular flexibility index (Phi) is 5.93. The molecule has 0 fully saturated rings. The molecule has 20 heavy (non-hydrogen) atoms. The van der Waals surface area contributed by atoms with Gasteiger partial charge in [-0.15, -0.1) is 11.3 Å². The van der Waals surface area contributed by atoms with E-state index in [0.717, 1.165) is 26.1 Å². The van der Waals surface area contributed by atoms with Gasteiger partial charge in [-0.25, -0.2) is 0 Å². The molecule has 1 aromatic heterocycles. The van der Waals surface area contributed by atoms with Gasteiger partial charge < -0.3 is 10.1 Å². The van der Waals surface area contributed by atoms with E-state index >= 15 is 0 Å². The van der Waals surface area contributed by atoms with Gasteiger partial charge in [-0.05, 0) is 62.7 Å². The summed E-state index contributed by atoms with van der Waals surface area (Å²) in [6.07, 6.45) is 0. The average Bonchev–Trinajstić information content (AvgIpc) is 2.75. The molecule has 1 aromatic carbocycles. The van der Waals surface area contributed by atoms with E-state index in [1.807, 2.05) is 18.2 Å². The van der Waals surface area contributed by atoms with Crippen LogP contribution >= 0.6 is 54.8 Å². The van der Waals surface area contributed by atoms with Crippen LogP contribution in [0, 0.1) is 0 Å². The summed E-state index contributed by atoms with van der Waals surface area (Å²) < 4.78 is 7.61. The Morgan fingerprint density at radius 2 is 2.10 bits per heavy atom. The summed E-state index contributed by atoms with van der Waals surface area (Å²) >= 11 is 14.9. The zero-order valence-corrected chi connectivity index (χ0v) is 15.8. The van der Waals surface area contributed by atoms with Gasteiger partial charge in [0.15, 0.2) is 0 Å². The Morgan fingerprint density at radius 3 is 2.65 bits per heavy atom. The van der Waals surface area contributed by atoms with Crippen molar-refractivity contribution in [2.75, 3.05) is 13.7 Å². The summed E-state index contributed by atoms with van der Waals surface area (Å²) in [5, 5.41) is 4.19. The topological polar surface area (TPSA) is 21.3 Å². The van der Waals surface area contributed by atoms with Crippen molar-refractivity contribution < 1.29 is 4.74 Å². The first-order valence-electron chi connectivity index (χ1n) is 6.08. The van der Waals surface area contributed by atoms with E-state index in [4.69, 9.17) is 16.3 Å². The third kappa shape index (κ3) is 3.57. The van der Waals surface area contributed by atoms with E-state index in [9.17, 15) is 0 Å². The van der Waals surface area contributed by atoms with Crippen molar-refractivity contribution >= 4 is 54.8 Å². The van der Waals surface area contributed by atoms with Gasteiger partial charge in [0.2, 0.25) is 0 Å². The predicted octanol–water partition coefficient (Wildman–Crippen LogP) is 5.63. The van der Waals surface area contributed by atoms with Crippen LogP contribution in [0.5, 0.6) is 5.75 Å². The smallest absolute Gasteiger partial charge is 0.124 e.